The summed E-state index contributed by atoms with van der Waals surface area (Å²) in [6, 6.07) is 5.28. The minimum absolute atomic E-state index is 0.0386. The Kier molecular flexibility index (Phi) is 3.13. The van der Waals surface area contributed by atoms with Crippen LogP contribution in [0.15, 0.2) is 18.2 Å². The molecule has 1 aromatic carbocycles. The molecule has 1 aliphatic carbocycles. The van der Waals surface area contributed by atoms with Gasteiger partial charge in [-0.15, -0.1) is 0 Å². The van der Waals surface area contributed by atoms with E-state index in [9.17, 15) is 9.90 Å². The molecule has 0 unspecified atom stereocenters. The van der Waals surface area contributed by atoms with Gasteiger partial charge in [0.2, 0.25) is 5.91 Å². The van der Waals surface area contributed by atoms with Crippen LogP contribution in [0.5, 0.6) is 5.75 Å². The predicted molar refractivity (Wildman–Crippen MR) is 63.4 cm³/mol. The molecule has 3 heteroatoms. The summed E-state index contributed by atoms with van der Waals surface area (Å²) in [6.07, 6.45) is 4.22. The Hall–Kier alpha value is -1.51. The third-order valence-corrected chi connectivity index (χ3v) is 3.14. The quantitative estimate of drug-likeness (QED) is 0.751. The lowest BCUT2D eigenvalue weighted by Gasteiger charge is -2.11. The van der Waals surface area contributed by atoms with E-state index >= 15 is 0 Å². The largest absolute Gasteiger partial charge is 0.506 e. The van der Waals surface area contributed by atoms with Crippen molar-refractivity contribution < 1.29 is 9.90 Å². The van der Waals surface area contributed by atoms with Crippen LogP contribution in [-0.2, 0) is 4.79 Å². The van der Waals surface area contributed by atoms with E-state index in [1.165, 1.54) is 0 Å². The molecule has 1 aliphatic rings. The summed E-state index contributed by atoms with van der Waals surface area (Å²) in [5.74, 6) is 0.309. The van der Waals surface area contributed by atoms with E-state index in [0.717, 1.165) is 31.2 Å². The first-order valence-electron chi connectivity index (χ1n) is 5.77. The molecule has 0 atom stereocenters. The van der Waals surface area contributed by atoms with Gasteiger partial charge < -0.3 is 10.4 Å². The maximum absolute atomic E-state index is 11.8. The molecule has 1 aromatic rings. The molecule has 2 rings (SSSR count). The molecule has 16 heavy (non-hydrogen) atoms. The van der Waals surface area contributed by atoms with Crippen molar-refractivity contribution in [1.29, 1.82) is 0 Å². The lowest BCUT2D eigenvalue weighted by Crippen LogP contribution is -2.20. The van der Waals surface area contributed by atoms with E-state index < -0.39 is 0 Å². The summed E-state index contributed by atoms with van der Waals surface area (Å²) in [7, 11) is 0. The molecule has 0 spiro atoms. The van der Waals surface area contributed by atoms with Gasteiger partial charge in [-0.05, 0) is 37.5 Å². The molecule has 1 amide bonds. The second kappa shape index (κ2) is 4.56. The molecule has 0 bridgehead atoms. The van der Waals surface area contributed by atoms with Crippen LogP contribution >= 0.6 is 0 Å². The van der Waals surface area contributed by atoms with Crippen LogP contribution in [0.4, 0.5) is 5.69 Å². The topological polar surface area (TPSA) is 49.3 Å². The van der Waals surface area contributed by atoms with E-state index in [2.05, 4.69) is 5.32 Å². The first-order valence-corrected chi connectivity index (χ1v) is 5.77. The zero-order valence-electron chi connectivity index (χ0n) is 9.49. The number of hydrogen-bond acceptors (Lipinski definition) is 2. The van der Waals surface area contributed by atoms with Crippen LogP contribution in [-0.4, -0.2) is 11.0 Å². The molecule has 1 saturated carbocycles. The maximum Gasteiger partial charge on any atom is 0.227 e. The zero-order chi connectivity index (χ0) is 11.5. The van der Waals surface area contributed by atoms with Crippen molar-refractivity contribution in [3.8, 4) is 5.75 Å². The van der Waals surface area contributed by atoms with Gasteiger partial charge in [0.15, 0.2) is 0 Å². The highest BCUT2D eigenvalue weighted by molar-refractivity contribution is 5.94. The highest BCUT2D eigenvalue weighted by atomic mass is 16.3. The maximum atomic E-state index is 11.8. The van der Waals surface area contributed by atoms with Gasteiger partial charge in [-0.2, -0.15) is 0 Å². The first-order chi connectivity index (χ1) is 7.66. The predicted octanol–water partition coefficient (Wildman–Crippen LogP) is 2.83. The number of phenolic OH excluding ortho intramolecular Hbond substituents is 1. The highest BCUT2D eigenvalue weighted by Gasteiger charge is 2.23. The third kappa shape index (κ3) is 2.35. The first kappa shape index (κ1) is 11.0. The van der Waals surface area contributed by atoms with Crippen molar-refractivity contribution in [2.45, 2.75) is 32.6 Å². The van der Waals surface area contributed by atoms with Gasteiger partial charge in [0, 0.05) is 5.92 Å². The molecular weight excluding hydrogens is 202 g/mol. The van der Waals surface area contributed by atoms with Gasteiger partial charge in [-0.25, -0.2) is 0 Å². The van der Waals surface area contributed by atoms with E-state index in [4.69, 9.17) is 0 Å². The van der Waals surface area contributed by atoms with Crippen molar-refractivity contribution >= 4 is 11.6 Å². The number of aromatic hydroxyl groups is 1. The number of anilines is 1. The Morgan fingerprint density at radius 1 is 1.38 bits per heavy atom. The Balaban J connectivity index is 2.05. The summed E-state index contributed by atoms with van der Waals surface area (Å²) in [5, 5.41) is 12.5. The van der Waals surface area contributed by atoms with E-state index in [-0.39, 0.29) is 17.6 Å². The molecule has 2 N–H and O–H groups in total. The number of amides is 1. The van der Waals surface area contributed by atoms with E-state index in [1.807, 2.05) is 13.0 Å². The van der Waals surface area contributed by atoms with Gasteiger partial charge >= 0.3 is 0 Å². The Labute approximate surface area is 95.5 Å². The van der Waals surface area contributed by atoms with E-state index in [0.29, 0.717) is 5.69 Å². The lowest BCUT2D eigenvalue weighted by atomic mass is 10.1. The van der Waals surface area contributed by atoms with Gasteiger partial charge in [0.25, 0.3) is 0 Å². The van der Waals surface area contributed by atoms with Crippen LogP contribution in [0.3, 0.4) is 0 Å². The second-order valence-corrected chi connectivity index (χ2v) is 4.49. The fraction of sp³-hybridized carbons (Fsp3) is 0.462. The molecule has 86 valence electrons. The average molecular weight is 219 g/mol. The van der Waals surface area contributed by atoms with Gasteiger partial charge in [-0.1, -0.05) is 18.9 Å². The normalized spacial score (nSPS) is 16.3. The molecule has 3 nitrogen and oxygen atoms in total. The molecular formula is C13H17NO2. The molecule has 0 heterocycles. The van der Waals surface area contributed by atoms with Crippen molar-refractivity contribution in [2.24, 2.45) is 5.92 Å². The monoisotopic (exact) mass is 219 g/mol. The van der Waals surface area contributed by atoms with Crippen LogP contribution in [0.25, 0.3) is 0 Å². The van der Waals surface area contributed by atoms with Crippen molar-refractivity contribution in [3.05, 3.63) is 23.8 Å². The molecule has 1 fully saturated rings. The SMILES string of the molecule is Cc1ccc(NC(=O)C2CCCC2)c(O)c1. The Bertz CT molecular complexity index is 395. The number of phenols is 1. The van der Waals surface area contributed by atoms with Gasteiger partial charge in [0.1, 0.15) is 5.75 Å². The summed E-state index contributed by atoms with van der Waals surface area (Å²) >= 11 is 0. The van der Waals surface area contributed by atoms with Crippen molar-refractivity contribution in [3.63, 3.8) is 0 Å². The summed E-state index contributed by atoms with van der Waals surface area (Å²) in [5.41, 5.74) is 1.50. The lowest BCUT2D eigenvalue weighted by molar-refractivity contribution is -0.119. The second-order valence-electron chi connectivity index (χ2n) is 4.49. The minimum Gasteiger partial charge on any atom is -0.506 e. The number of aryl methyl sites for hydroxylation is 1. The number of hydrogen-bond donors (Lipinski definition) is 2. The summed E-state index contributed by atoms with van der Waals surface area (Å²) < 4.78 is 0. The number of carbonyl (C=O) groups is 1. The summed E-state index contributed by atoms with van der Waals surface area (Å²) in [4.78, 5) is 11.8. The van der Waals surface area contributed by atoms with Gasteiger partial charge in [0.05, 0.1) is 5.69 Å². The third-order valence-electron chi connectivity index (χ3n) is 3.14. The van der Waals surface area contributed by atoms with Crippen LogP contribution in [0.2, 0.25) is 0 Å². The molecule has 0 aromatic heterocycles. The number of rotatable bonds is 2. The van der Waals surface area contributed by atoms with Crippen molar-refractivity contribution in [2.75, 3.05) is 5.32 Å². The number of benzene rings is 1. The van der Waals surface area contributed by atoms with Crippen LogP contribution < -0.4 is 5.32 Å². The average Bonchev–Trinajstić information content (AvgIpc) is 2.75. The molecule has 0 radical (unpaired) electrons. The number of carbonyl (C=O) groups excluding carboxylic acids is 1. The standard InChI is InChI=1S/C13H17NO2/c1-9-6-7-11(12(15)8-9)14-13(16)10-4-2-3-5-10/h6-8,10,15H,2-5H2,1H3,(H,14,16). The van der Waals surface area contributed by atoms with Crippen LogP contribution in [0, 0.1) is 12.8 Å². The smallest absolute Gasteiger partial charge is 0.227 e. The van der Waals surface area contributed by atoms with Crippen LogP contribution in [0.1, 0.15) is 31.2 Å². The van der Waals surface area contributed by atoms with Gasteiger partial charge in [-0.3, -0.25) is 4.79 Å². The Morgan fingerprint density at radius 2 is 2.06 bits per heavy atom. The fourth-order valence-corrected chi connectivity index (χ4v) is 2.17. The minimum atomic E-state index is 0.0386. The molecule has 0 saturated heterocycles. The molecule has 0 aliphatic heterocycles. The zero-order valence-corrected chi connectivity index (χ0v) is 9.49. The summed E-state index contributed by atoms with van der Waals surface area (Å²) in [6.45, 7) is 1.91. The fourth-order valence-electron chi connectivity index (χ4n) is 2.17. The van der Waals surface area contributed by atoms with Crippen molar-refractivity contribution in [1.82, 2.24) is 0 Å². The number of nitrogens with one attached hydrogen (secondary N) is 1. The highest BCUT2D eigenvalue weighted by Crippen LogP contribution is 2.28. The van der Waals surface area contributed by atoms with E-state index in [1.54, 1.807) is 12.1 Å². The Morgan fingerprint density at radius 3 is 2.69 bits per heavy atom.